The molecule has 0 bridgehead atoms. The lowest BCUT2D eigenvalue weighted by Crippen LogP contribution is -2.47. The second kappa shape index (κ2) is 6.41. The Hall–Kier alpha value is -2.12. The molecule has 124 valence electrons. The molecule has 3 N–H and O–H groups in total. The normalized spacial score (nSPS) is 19.9. The highest BCUT2D eigenvalue weighted by atomic mass is 32.2. The number of amides is 1. The SMILES string of the molecule is NC(=O)C1CCCCN1Cc1ccc2c(c1)Nc1nccnc1S2. The standard InChI is InChI=1S/C17H19N5OS/c18-15(23)13-3-1-2-8-22(13)10-11-4-5-14-12(9-11)21-16-17(24-14)20-7-6-19-16/h4-7,9,13H,1-3,8,10H2,(H2,18,23)(H,19,21). The molecule has 1 atom stereocenters. The fourth-order valence-corrected chi connectivity index (χ4v) is 4.19. The van der Waals surface area contributed by atoms with Crippen LogP contribution in [0.3, 0.4) is 0 Å². The number of benzene rings is 1. The van der Waals surface area contributed by atoms with Crippen LogP contribution in [-0.2, 0) is 11.3 Å². The Morgan fingerprint density at radius 2 is 2.21 bits per heavy atom. The summed E-state index contributed by atoms with van der Waals surface area (Å²) in [5.74, 6) is 0.575. The number of fused-ring (bicyclic) bond motifs is 2. The van der Waals surface area contributed by atoms with Crippen LogP contribution in [0.15, 0.2) is 40.5 Å². The van der Waals surface area contributed by atoms with Gasteiger partial charge in [-0.05, 0) is 37.1 Å². The van der Waals surface area contributed by atoms with E-state index in [1.165, 1.54) is 5.56 Å². The van der Waals surface area contributed by atoms with E-state index in [0.29, 0.717) is 0 Å². The summed E-state index contributed by atoms with van der Waals surface area (Å²) in [5, 5.41) is 4.24. The lowest BCUT2D eigenvalue weighted by molar-refractivity contribution is -0.124. The van der Waals surface area contributed by atoms with Gasteiger partial charge in [0.25, 0.3) is 0 Å². The number of anilines is 2. The molecule has 1 aromatic heterocycles. The lowest BCUT2D eigenvalue weighted by Gasteiger charge is -2.33. The lowest BCUT2D eigenvalue weighted by atomic mass is 10.0. The largest absolute Gasteiger partial charge is 0.368 e. The number of nitrogens with zero attached hydrogens (tertiary/aromatic N) is 3. The van der Waals surface area contributed by atoms with Crippen LogP contribution in [0.2, 0.25) is 0 Å². The van der Waals surface area contributed by atoms with Gasteiger partial charge in [0, 0.05) is 23.8 Å². The van der Waals surface area contributed by atoms with E-state index >= 15 is 0 Å². The van der Waals surface area contributed by atoms with Crippen molar-refractivity contribution in [3.63, 3.8) is 0 Å². The number of rotatable bonds is 3. The quantitative estimate of drug-likeness (QED) is 0.761. The number of nitrogens with two attached hydrogens (primary N) is 1. The van der Waals surface area contributed by atoms with Crippen molar-refractivity contribution in [2.45, 2.75) is 41.8 Å². The van der Waals surface area contributed by atoms with Crippen LogP contribution in [0.25, 0.3) is 0 Å². The van der Waals surface area contributed by atoms with Crippen molar-refractivity contribution in [2.75, 3.05) is 11.9 Å². The van der Waals surface area contributed by atoms with Gasteiger partial charge in [0.05, 0.1) is 11.7 Å². The molecule has 0 spiro atoms. The molecule has 0 aliphatic carbocycles. The molecule has 3 heterocycles. The number of nitrogens with one attached hydrogen (secondary N) is 1. The van der Waals surface area contributed by atoms with E-state index in [-0.39, 0.29) is 11.9 Å². The molecule has 0 saturated carbocycles. The van der Waals surface area contributed by atoms with Crippen molar-refractivity contribution in [1.82, 2.24) is 14.9 Å². The second-order valence-electron chi connectivity index (χ2n) is 6.15. The molecule has 1 amide bonds. The van der Waals surface area contributed by atoms with Crippen LogP contribution < -0.4 is 11.1 Å². The minimum absolute atomic E-state index is 0.149. The summed E-state index contributed by atoms with van der Waals surface area (Å²) >= 11 is 1.62. The van der Waals surface area contributed by atoms with Gasteiger partial charge in [-0.3, -0.25) is 9.69 Å². The zero-order valence-corrected chi connectivity index (χ0v) is 14.1. The highest BCUT2D eigenvalue weighted by molar-refractivity contribution is 7.99. The molecular weight excluding hydrogens is 322 g/mol. The molecule has 0 radical (unpaired) electrons. The first-order valence-electron chi connectivity index (χ1n) is 8.13. The minimum atomic E-state index is -0.217. The number of likely N-dealkylation sites (tertiary alicyclic amines) is 1. The minimum Gasteiger partial charge on any atom is -0.368 e. The second-order valence-corrected chi connectivity index (χ2v) is 7.18. The van der Waals surface area contributed by atoms with Crippen LogP contribution >= 0.6 is 11.8 Å². The number of hydrogen-bond acceptors (Lipinski definition) is 6. The predicted molar refractivity (Wildman–Crippen MR) is 93.1 cm³/mol. The number of aromatic nitrogens is 2. The van der Waals surface area contributed by atoms with Gasteiger partial charge in [0.2, 0.25) is 5.91 Å². The summed E-state index contributed by atoms with van der Waals surface area (Å²) in [5.41, 5.74) is 7.77. The molecule has 2 aliphatic rings. The summed E-state index contributed by atoms with van der Waals surface area (Å²) in [4.78, 5) is 23.7. The Morgan fingerprint density at radius 1 is 1.33 bits per heavy atom. The molecule has 24 heavy (non-hydrogen) atoms. The van der Waals surface area contributed by atoms with Crippen molar-refractivity contribution in [1.29, 1.82) is 0 Å². The van der Waals surface area contributed by atoms with E-state index in [2.05, 4.69) is 38.4 Å². The van der Waals surface area contributed by atoms with Crippen LogP contribution in [0.5, 0.6) is 0 Å². The fourth-order valence-electron chi connectivity index (χ4n) is 3.32. The maximum absolute atomic E-state index is 11.7. The Bertz CT molecular complexity index is 781. The van der Waals surface area contributed by atoms with Gasteiger partial charge in [0.15, 0.2) is 5.82 Å². The van der Waals surface area contributed by atoms with Crippen LogP contribution in [0, 0.1) is 0 Å². The van der Waals surface area contributed by atoms with E-state index < -0.39 is 0 Å². The summed E-state index contributed by atoms with van der Waals surface area (Å²) in [6, 6.07) is 6.20. The molecule has 1 fully saturated rings. The molecule has 1 aromatic carbocycles. The van der Waals surface area contributed by atoms with Gasteiger partial charge in [0.1, 0.15) is 5.03 Å². The van der Waals surface area contributed by atoms with Gasteiger partial charge in [-0.25, -0.2) is 9.97 Å². The molecule has 2 aromatic rings. The zero-order valence-electron chi connectivity index (χ0n) is 13.2. The number of carbonyl (C=O) groups excluding carboxylic acids is 1. The van der Waals surface area contributed by atoms with E-state index in [9.17, 15) is 4.79 Å². The number of hydrogen-bond donors (Lipinski definition) is 2. The van der Waals surface area contributed by atoms with Crippen molar-refractivity contribution >= 4 is 29.2 Å². The molecule has 4 rings (SSSR count). The Labute approximate surface area is 144 Å². The number of carbonyl (C=O) groups is 1. The van der Waals surface area contributed by atoms with Crippen molar-refractivity contribution < 1.29 is 4.79 Å². The smallest absolute Gasteiger partial charge is 0.234 e. The third-order valence-corrected chi connectivity index (χ3v) is 5.56. The highest BCUT2D eigenvalue weighted by Crippen LogP contribution is 2.42. The van der Waals surface area contributed by atoms with E-state index in [4.69, 9.17) is 5.73 Å². The summed E-state index contributed by atoms with van der Waals surface area (Å²) in [7, 11) is 0. The first kappa shape index (κ1) is 15.4. The molecule has 1 unspecified atom stereocenters. The van der Waals surface area contributed by atoms with E-state index in [0.717, 1.165) is 53.8 Å². The van der Waals surface area contributed by atoms with Crippen LogP contribution in [-0.4, -0.2) is 33.4 Å². The Morgan fingerprint density at radius 3 is 3.08 bits per heavy atom. The topological polar surface area (TPSA) is 84.1 Å². The Kier molecular flexibility index (Phi) is 4.12. The van der Waals surface area contributed by atoms with Crippen LogP contribution in [0.1, 0.15) is 24.8 Å². The average Bonchev–Trinajstić information content (AvgIpc) is 2.60. The molecular formula is C17H19N5OS. The van der Waals surface area contributed by atoms with Gasteiger partial charge in [-0.1, -0.05) is 24.2 Å². The van der Waals surface area contributed by atoms with Crippen molar-refractivity contribution in [2.24, 2.45) is 5.73 Å². The molecule has 7 heteroatoms. The van der Waals surface area contributed by atoms with E-state index in [1.807, 2.05) is 0 Å². The third kappa shape index (κ3) is 2.97. The predicted octanol–water partition coefficient (Wildman–Crippen LogP) is 2.52. The monoisotopic (exact) mass is 341 g/mol. The van der Waals surface area contributed by atoms with Gasteiger partial charge >= 0.3 is 0 Å². The Balaban J connectivity index is 1.55. The third-order valence-electron chi connectivity index (χ3n) is 4.50. The number of piperidine rings is 1. The first-order chi connectivity index (χ1) is 11.7. The average molecular weight is 341 g/mol. The fraction of sp³-hybridized carbons (Fsp3) is 0.353. The summed E-state index contributed by atoms with van der Waals surface area (Å²) in [6.07, 6.45) is 6.44. The first-order valence-corrected chi connectivity index (χ1v) is 8.94. The van der Waals surface area contributed by atoms with Crippen molar-refractivity contribution in [3.05, 3.63) is 36.2 Å². The van der Waals surface area contributed by atoms with Gasteiger partial charge in [-0.15, -0.1) is 0 Å². The van der Waals surface area contributed by atoms with Crippen molar-refractivity contribution in [3.8, 4) is 0 Å². The highest BCUT2D eigenvalue weighted by Gasteiger charge is 2.27. The summed E-state index contributed by atoms with van der Waals surface area (Å²) in [6.45, 7) is 1.65. The zero-order chi connectivity index (χ0) is 16.5. The van der Waals surface area contributed by atoms with Gasteiger partial charge in [-0.2, -0.15) is 0 Å². The molecule has 6 nitrogen and oxygen atoms in total. The molecule has 2 aliphatic heterocycles. The van der Waals surface area contributed by atoms with Gasteiger partial charge < -0.3 is 11.1 Å². The van der Waals surface area contributed by atoms with E-state index in [1.54, 1.807) is 24.2 Å². The number of primary amides is 1. The van der Waals surface area contributed by atoms with Crippen LogP contribution in [0.4, 0.5) is 11.5 Å². The maximum atomic E-state index is 11.7. The maximum Gasteiger partial charge on any atom is 0.234 e. The molecule has 1 saturated heterocycles. The summed E-state index contributed by atoms with van der Waals surface area (Å²) < 4.78 is 0.